The van der Waals surface area contributed by atoms with Crippen molar-refractivity contribution in [2.75, 3.05) is 0 Å². The third-order valence-corrected chi connectivity index (χ3v) is 3.84. The van der Waals surface area contributed by atoms with Crippen LogP contribution in [0, 0.1) is 0 Å². The Labute approximate surface area is 187 Å². The molecule has 0 aromatic rings. The Hall–Kier alpha value is 0.0400. The standard InChI is InChI=1S/C18H35NO2.Na.H2O4S.H/c1-2-3-4-5-6-7-8-9-10-11-12-13-14-15-16-17(19)18(20)21;;1-5(2,3)4;/h9-10,17H,2-8,11-16,19H2,1H3,(H,20,21);;(H2,1,2,3,4);/b10-9-;;;. The summed E-state index contributed by atoms with van der Waals surface area (Å²) in [6.45, 7) is 2.25. The van der Waals surface area contributed by atoms with Gasteiger partial charge in [0.2, 0.25) is 0 Å². The second-order valence-electron chi connectivity index (χ2n) is 6.41. The summed E-state index contributed by atoms with van der Waals surface area (Å²) in [7, 11) is -4.67. The number of hydrogen-bond acceptors (Lipinski definition) is 4. The number of carboxylic acid groups (broad SMARTS) is 1. The summed E-state index contributed by atoms with van der Waals surface area (Å²) in [5.74, 6) is -0.882. The number of nitrogens with two attached hydrogens (primary N) is 1. The Morgan fingerprint density at radius 3 is 1.67 bits per heavy atom. The third-order valence-electron chi connectivity index (χ3n) is 3.84. The molecule has 0 fully saturated rings. The molecule has 0 aromatic carbocycles. The van der Waals surface area contributed by atoms with Crippen LogP contribution in [0.15, 0.2) is 12.2 Å². The maximum absolute atomic E-state index is 10.5. The van der Waals surface area contributed by atoms with Crippen LogP contribution >= 0.6 is 0 Å². The quantitative estimate of drug-likeness (QED) is 0.137. The van der Waals surface area contributed by atoms with E-state index in [0.717, 1.165) is 19.3 Å². The van der Waals surface area contributed by atoms with E-state index in [0.29, 0.717) is 6.42 Å². The molecule has 0 saturated carbocycles. The molecule has 1 unspecified atom stereocenters. The van der Waals surface area contributed by atoms with Crippen LogP contribution < -0.4 is 5.73 Å². The van der Waals surface area contributed by atoms with Crippen molar-refractivity contribution < 1.29 is 27.4 Å². The number of carbonyl (C=O) groups is 1. The molecule has 1 atom stereocenters. The first kappa shape index (κ1) is 31.7. The summed E-state index contributed by atoms with van der Waals surface area (Å²) < 4.78 is 31.6. The van der Waals surface area contributed by atoms with Crippen LogP contribution in [0.4, 0.5) is 0 Å². The Morgan fingerprint density at radius 2 is 1.26 bits per heavy atom. The Bertz CT molecular complexity index is 449. The first-order chi connectivity index (χ1) is 12.2. The van der Waals surface area contributed by atoms with E-state index >= 15 is 0 Å². The summed E-state index contributed by atoms with van der Waals surface area (Å²) in [5.41, 5.74) is 5.45. The molecule has 7 nitrogen and oxygen atoms in total. The van der Waals surface area contributed by atoms with Crippen molar-refractivity contribution in [2.24, 2.45) is 5.73 Å². The van der Waals surface area contributed by atoms with Gasteiger partial charge < -0.3 is 10.8 Å². The van der Waals surface area contributed by atoms with Gasteiger partial charge in [-0.05, 0) is 32.1 Å². The van der Waals surface area contributed by atoms with Gasteiger partial charge in [-0.15, -0.1) is 0 Å². The predicted octanol–water partition coefficient (Wildman–Crippen LogP) is 3.74. The van der Waals surface area contributed by atoms with E-state index in [-0.39, 0.29) is 29.6 Å². The minimum absolute atomic E-state index is 0. The van der Waals surface area contributed by atoms with E-state index in [9.17, 15) is 4.79 Å². The van der Waals surface area contributed by atoms with E-state index in [4.69, 9.17) is 28.4 Å². The summed E-state index contributed by atoms with van der Waals surface area (Å²) in [4.78, 5) is 10.5. The molecule has 5 N–H and O–H groups in total. The molecule has 9 heteroatoms. The maximum atomic E-state index is 10.5. The van der Waals surface area contributed by atoms with Crippen molar-refractivity contribution >= 4 is 45.9 Å². The molecule has 0 amide bonds. The van der Waals surface area contributed by atoms with E-state index in [1.807, 2.05) is 0 Å². The van der Waals surface area contributed by atoms with Crippen LogP contribution in [0.3, 0.4) is 0 Å². The van der Waals surface area contributed by atoms with E-state index in [1.54, 1.807) is 0 Å². The second-order valence-corrected chi connectivity index (χ2v) is 7.31. The van der Waals surface area contributed by atoms with Gasteiger partial charge in [0, 0.05) is 0 Å². The fourth-order valence-electron chi connectivity index (χ4n) is 2.38. The normalized spacial score (nSPS) is 12.1. The molecule has 0 bridgehead atoms. The summed E-state index contributed by atoms with van der Waals surface area (Å²) in [6.07, 6.45) is 20.2. The van der Waals surface area contributed by atoms with Crippen LogP contribution in [-0.2, 0) is 15.2 Å². The Balaban J connectivity index is -0.000000844. The molecule has 27 heavy (non-hydrogen) atoms. The third kappa shape index (κ3) is 37.5. The predicted molar refractivity (Wildman–Crippen MR) is 112 cm³/mol. The first-order valence-corrected chi connectivity index (χ1v) is 10.9. The molecule has 0 heterocycles. The van der Waals surface area contributed by atoms with Crippen molar-refractivity contribution in [1.82, 2.24) is 0 Å². The van der Waals surface area contributed by atoms with Crippen LogP contribution in [0.2, 0.25) is 0 Å². The van der Waals surface area contributed by atoms with E-state index in [2.05, 4.69) is 19.1 Å². The van der Waals surface area contributed by atoms with Crippen molar-refractivity contribution in [3.05, 3.63) is 12.2 Å². The molecule has 0 rings (SSSR count). The van der Waals surface area contributed by atoms with Crippen molar-refractivity contribution in [2.45, 2.75) is 96.4 Å². The molecule has 0 radical (unpaired) electrons. The van der Waals surface area contributed by atoms with Crippen LogP contribution in [-0.4, -0.2) is 64.2 Å². The fraction of sp³-hybridized carbons (Fsp3) is 0.833. The van der Waals surface area contributed by atoms with Crippen molar-refractivity contribution in [1.29, 1.82) is 0 Å². The molecule has 0 saturated heterocycles. The van der Waals surface area contributed by atoms with E-state index < -0.39 is 22.4 Å². The summed E-state index contributed by atoms with van der Waals surface area (Å²) in [6, 6.07) is -0.678. The van der Waals surface area contributed by atoms with Gasteiger partial charge in [-0.25, -0.2) is 0 Å². The molecule has 158 valence electrons. The van der Waals surface area contributed by atoms with Gasteiger partial charge in [0.15, 0.2) is 0 Å². The molecular weight excluding hydrogens is 381 g/mol. The van der Waals surface area contributed by atoms with Gasteiger partial charge in [-0.2, -0.15) is 8.42 Å². The van der Waals surface area contributed by atoms with Crippen molar-refractivity contribution in [3.8, 4) is 0 Å². The van der Waals surface area contributed by atoms with Gasteiger partial charge in [0.25, 0.3) is 0 Å². The van der Waals surface area contributed by atoms with E-state index in [1.165, 1.54) is 57.8 Å². The number of unbranched alkanes of at least 4 members (excludes halogenated alkanes) is 10. The monoisotopic (exact) mass is 419 g/mol. The zero-order valence-electron chi connectivity index (χ0n) is 16.0. The number of hydrogen-bond donors (Lipinski definition) is 4. The van der Waals surface area contributed by atoms with Crippen LogP contribution in [0.25, 0.3) is 0 Å². The minimum atomic E-state index is -4.67. The average molecular weight is 420 g/mol. The van der Waals surface area contributed by atoms with Gasteiger partial charge >= 0.3 is 45.9 Å². The Morgan fingerprint density at radius 1 is 0.889 bits per heavy atom. The Kier molecular flexibility index (Phi) is 26.2. The SMILES string of the molecule is CCCCCCCC/C=C\CCCCCCC(N)C(=O)O.O=S(=O)(O)O.[NaH]. The average Bonchev–Trinajstić information content (AvgIpc) is 2.53. The van der Waals surface area contributed by atoms with Crippen LogP contribution in [0.1, 0.15) is 90.4 Å². The summed E-state index contributed by atoms with van der Waals surface area (Å²) in [5, 5.41) is 8.65. The number of aliphatic carboxylic acids is 1. The number of allylic oxidation sites excluding steroid dienone is 2. The zero-order valence-corrected chi connectivity index (χ0v) is 16.8. The molecule has 0 aliphatic rings. The molecule has 0 aromatic heterocycles. The summed E-state index contributed by atoms with van der Waals surface area (Å²) >= 11 is 0. The number of rotatable bonds is 15. The zero-order chi connectivity index (χ0) is 20.3. The molecule has 0 spiro atoms. The topological polar surface area (TPSA) is 138 Å². The van der Waals surface area contributed by atoms with Crippen LogP contribution in [0.5, 0.6) is 0 Å². The van der Waals surface area contributed by atoms with Gasteiger partial charge in [-0.1, -0.05) is 70.4 Å². The fourth-order valence-corrected chi connectivity index (χ4v) is 2.38. The molecular formula is C18H38NNaO6S. The van der Waals surface area contributed by atoms with Gasteiger partial charge in [0.05, 0.1) is 0 Å². The van der Waals surface area contributed by atoms with Crippen molar-refractivity contribution in [3.63, 3.8) is 0 Å². The number of carboxylic acids is 1. The molecule has 0 aliphatic heterocycles. The van der Waals surface area contributed by atoms with Gasteiger partial charge in [-0.3, -0.25) is 13.9 Å². The second kappa shape index (κ2) is 22.3. The first-order valence-electron chi connectivity index (χ1n) is 9.51. The van der Waals surface area contributed by atoms with Gasteiger partial charge in [0.1, 0.15) is 6.04 Å². The molecule has 0 aliphatic carbocycles.